The predicted octanol–water partition coefficient (Wildman–Crippen LogP) is 3.56. The van der Waals surface area contributed by atoms with Crippen LogP contribution >= 0.6 is 11.6 Å². The smallest absolute Gasteiger partial charge is 0.227 e. The minimum Gasteiger partial charge on any atom is -0.323 e. The second-order valence-corrected chi connectivity index (χ2v) is 8.07. The minimum absolute atomic E-state index is 0.0122. The molecule has 3 atom stereocenters. The maximum Gasteiger partial charge on any atom is 0.227 e. The number of carbonyl (C=O) groups excluding carboxylic acids is 1. The van der Waals surface area contributed by atoms with Gasteiger partial charge in [0.15, 0.2) is 6.29 Å². The Labute approximate surface area is 175 Å². The van der Waals surface area contributed by atoms with Gasteiger partial charge in [0, 0.05) is 16.5 Å². The van der Waals surface area contributed by atoms with Crippen LogP contribution in [0.5, 0.6) is 0 Å². The lowest BCUT2D eigenvalue weighted by molar-refractivity contribution is -0.128. The number of amides is 1. The molecule has 0 bridgehead atoms. The summed E-state index contributed by atoms with van der Waals surface area (Å²) in [4.78, 5) is 21.9. The van der Waals surface area contributed by atoms with Crippen LogP contribution in [0.4, 0.5) is 5.95 Å². The SMILES string of the molecule is Cc1ccc2nc(NC3NC(=O)C(Cc4cccc(Cl)c4)C(C)N3)nc(C)c2c1. The molecule has 3 aromatic rings. The summed E-state index contributed by atoms with van der Waals surface area (Å²) in [6.45, 7) is 6.02. The minimum atomic E-state index is -0.435. The Morgan fingerprint density at radius 1 is 1.14 bits per heavy atom. The number of nitrogens with zero attached hydrogens (tertiary/aromatic N) is 2. The van der Waals surface area contributed by atoms with Gasteiger partial charge in [-0.2, -0.15) is 0 Å². The molecule has 0 aliphatic carbocycles. The summed E-state index contributed by atoms with van der Waals surface area (Å²) < 4.78 is 0. The van der Waals surface area contributed by atoms with E-state index in [0.29, 0.717) is 17.4 Å². The molecular formula is C22H24ClN5O. The van der Waals surface area contributed by atoms with Crippen molar-refractivity contribution in [1.82, 2.24) is 20.6 Å². The molecule has 1 aliphatic rings. The third kappa shape index (κ3) is 4.33. The van der Waals surface area contributed by atoms with Gasteiger partial charge in [-0.05, 0) is 57.0 Å². The first-order chi connectivity index (χ1) is 13.9. The highest BCUT2D eigenvalue weighted by atomic mass is 35.5. The summed E-state index contributed by atoms with van der Waals surface area (Å²) in [5.41, 5.74) is 3.99. The third-order valence-corrected chi connectivity index (χ3v) is 5.55. The maximum atomic E-state index is 12.7. The van der Waals surface area contributed by atoms with Crippen LogP contribution in [0, 0.1) is 19.8 Å². The number of nitrogens with one attached hydrogen (secondary N) is 3. The maximum absolute atomic E-state index is 12.7. The first-order valence-corrected chi connectivity index (χ1v) is 10.1. The molecule has 150 valence electrons. The standard InChI is InChI=1S/C22H24ClN5O/c1-12-7-8-19-17(9-12)13(2)24-21(26-19)28-22-25-14(3)18(20(29)27-22)11-15-5-4-6-16(23)10-15/h4-10,14,18,22,25H,11H2,1-3H3,(H,27,29)(H,24,26,28). The van der Waals surface area contributed by atoms with Crippen molar-refractivity contribution >= 4 is 34.4 Å². The van der Waals surface area contributed by atoms with E-state index < -0.39 is 6.29 Å². The molecule has 6 nitrogen and oxygen atoms in total. The molecule has 2 heterocycles. The predicted molar refractivity (Wildman–Crippen MR) is 116 cm³/mol. The molecule has 0 spiro atoms. The number of halogens is 1. The number of hydrogen-bond acceptors (Lipinski definition) is 5. The Morgan fingerprint density at radius 3 is 2.72 bits per heavy atom. The highest BCUT2D eigenvalue weighted by Crippen LogP contribution is 2.21. The second kappa shape index (κ2) is 7.97. The zero-order chi connectivity index (χ0) is 20.5. The molecule has 1 aliphatic heterocycles. The van der Waals surface area contributed by atoms with Gasteiger partial charge in [-0.3, -0.25) is 10.1 Å². The molecule has 7 heteroatoms. The van der Waals surface area contributed by atoms with E-state index in [9.17, 15) is 4.79 Å². The number of rotatable bonds is 4. The Morgan fingerprint density at radius 2 is 1.97 bits per heavy atom. The van der Waals surface area contributed by atoms with Gasteiger partial charge in [0.2, 0.25) is 11.9 Å². The highest BCUT2D eigenvalue weighted by molar-refractivity contribution is 6.30. The first-order valence-electron chi connectivity index (χ1n) is 9.71. The molecule has 1 aromatic heterocycles. The number of carbonyl (C=O) groups is 1. The van der Waals surface area contributed by atoms with Gasteiger partial charge < -0.3 is 10.6 Å². The normalized spacial score (nSPS) is 21.8. The number of aryl methyl sites for hydroxylation is 2. The number of fused-ring (bicyclic) bond motifs is 1. The van der Waals surface area contributed by atoms with E-state index in [0.717, 1.165) is 22.2 Å². The molecule has 1 saturated heterocycles. The van der Waals surface area contributed by atoms with Gasteiger partial charge in [-0.25, -0.2) is 9.97 Å². The lowest BCUT2D eigenvalue weighted by Crippen LogP contribution is -2.63. The molecule has 4 rings (SSSR count). The van der Waals surface area contributed by atoms with E-state index in [-0.39, 0.29) is 17.9 Å². The summed E-state index contributed by atoms with van der Waals surface area (Å²) in [7, 11) is 0. The molecule has 3 N–H and O–H groups in total. The van der Waals surface area contributed by atoms with E-state index in [2.05, 4.69) is 32.0 Å². The van der Waals surface area contributed by atoms with Crippen molar-refractivity contribution in [3.63, 3.8) is 0 Å². The summed E-state index contributed by atoms with van der Waals surface area (Å²) in [6, 6.07) is 13.7. The molecule has 29 heavy (non-hydrogen) atoms. The fourth-order valence-corrected chi connectivity index (χ4v) is 3.96. The topological polar surface area (TPSA) is 78.9 Å². The van der Waals surface area contributed by atoms with Crippen molar-refractivity contribution in [3.8, 4) is 0 Å². The van der Waals surface area contributed by atoms with Gasteiger partial charge in [0.05, 0.1) is 17.1 Å². The van der Waals surface area contributed by atoms with Crippen LogP contribution in [-0.2, 0) is 11.2 Å². The van der Waals surface area contributed by atoms with Crippen LogP contribution in [0.15, 0.2) is 42.5 Å². The quantitative estimate of drug-likeness (QED) is 0.614. The summed E-state index contributed by atoms with van der Waals surface area (Å²) in [5, 5.41) is 11.3. The molecule has 1 amide bonds. The largest absolute Gasteiger partial charge is 0.323 e. The summed E-state index contributed by atoms with van der Waals surface area (Å²) in [5.74, 6) is 0.285. The van der Waals surface area contributed by atoms with Crippen molar-refractivity contribution in [3.05, 3.63) is 64.3 Å². The number of aromatic nitrogens is 2. The van der Waals surface area contributed by atoms with Crippen LogP contribution < -0.4 is 16.0 Å². The number of benzene rings is 2. The lowest BCUT2D eigenvalue weighted by Gasteiger charge is -2.36. The van der Waals surface area contributed by atoms with Crippen molar-refractivity contribution in [1.29, 1.82) is 0 Å². The zero-order valence-corrected chi connectivity index (χ0v) is 17.4. The molecule has 0 radical (unpaired) electrons. The van der Waals surface area contributed by atoms with Crippen LogP contribution in [-0.4, -0.2) is 28.2 Å². The Bertz CT molecular complexity index is 1070. The van der Waals surface area contributed by atoms with Crippen molar-refractivity contribution in [2.75, 3.05) is 5.32 Å². The Hall–Kier alpha value is -2.70. The fourth-order valence-electron chi connectivity index (χ4n) is 3.75. The summed E-state index contributed by atoms with van der Waals surface area (Å²) >= 11 is 6.07. The van der Waals surface area contributed by atoms with E-state index in [1.165, 1.54) is 5.56 Å². The number of hydrogen-bond donors (Lipinski definition) is 3. The fraction of sp³-hybridized carbons (Fsp3) is 0.318. The highest BCUT2D eigenvalue weighted by Gasteiger charge is 2.33. The van der Waals surface area contributed by atoms with Crippen molar-refractivity contribution in [2.45, 2.75) is 39.5 Å². The van der Waals surface area contributed by atoms with Gasteiger partial charge in [0.25, 0.3) is 0 Å². The van der Waals surface area contributed by atoms with Gasteiger partial charge in [-0.1, -0.05) is 35.4 Å². The van der Waals surface area contributed by atoms with Crippen LogP contribution in [0.25, 0.3) is 10.9 Å². The van der Waals surface area contributed by atoms with Gasteiger partial charge in [0.1, 0.15) is 0 Å². The van der Waals surface area contributed by atoms with E-state index >= 15 is 0 Å². The molecular weight excluding hydrogens is 386 g/mol. The number of anilines is 1. The second-order valence-electron chi connectivity index (χ2n) is 7.64. The van der Waals surface area contributed by atoms with Crippen LogP contribution in [0.2, 0.25) is 5.02 Å². The molecule has 2 aromatic carbocycles. The molecule has 1 fully saturated rings. The molecule has 0 saturated carbocycles. The van der Waals surface area contributed by atoms with Crippen molar-refractivity contribution < 1.29 is 4.79 Å². The van der Waals surface area contributed by atoms with Crippen molar-refractivity contribution in [2.24, 2.45) is 5.92 Å². The van der Waals surface area contributed by atoms with Crippen LogP contribution in [0.1, 0.15) is 23.7 Å². The third-order valence-electron chi connectivity index (χ3n) is 5.32. The Kier molecular flexibility index (Phi) is 5.39. The van der Waals surface area contributed by atoms with E-state index in [1.807, 2.05) is 57.2 Å². The average Bonchev–Trinajstić information content (AvgIpc) is 2.65. The van der Waals surface area contributed by atoms with Crippen LogP contribution in [0.3, 0.4) is 0 Å². The Balaban J connectivity index is 1.47. The monoisotopic (exact) mass is 409 g/mol. The van der Waals surface area contributed by atoms with Gasteiger partial charge in [-0.15, -0.1) is 0 Å². The molecule has 3 unspecified atom stereocenters. The summed E-state index contributed by atoms with van der Waals surface area (Å²) in [6.07, 6.45) is 0.188. The average molecular weight is 410 g/mol. The lowest BCUT2D eigenvalue weighted by atomic mass is 9.91. The van der Waals surface area contributed by atoms with E-state index in [1.54, 1.807) is 0 Å². The van der Waals surface area contributed by atoms with Gasteiger partial charge >= 0.3 is 0 Å². The zero-order valence-electron chi connectivity index (χ0n) is 16.7. The first kappa shape index (κ1) is 19.6. The van der Waals surface area contributed by atoms with E-state index in [4.69, 9.17) is 11.6 Å².